The maximum atomic E-state index is 11.4. The van der Waals surface area contributed by atoms with Gasteiger partial charge in [0, 0.05) is 24.4 Å². The maximum Gasteiger partial charge on any atom is 0.290 e. The molecule has 1 aromatic heterocycles. The molecule has 0 spiro atoms. The number of aromatic nitrogens is 2. The van der Waals surface area contributed by atoms with Gasteiger partial charge in [0.05, 0.1) is 6.61 Å². The minimum Gasteiger partial charge on any atom is -0.396 e. The van der Waals surface area contributed by atoms with Gasteiger partial charge >= 0.3 is 0 Å². The molecule has 16 heavy (non-hydrogen) atoms. The largest absolute Gasteiger partial charge is 0.396 e. The van der Waals surface area contributed by atoms with Crippen molar-refractivity contribution >= 4 is 5.82 Å². The second-order valence-corrected chi connectivity index (χ2v) is 3.99. The SMILES string of the molecule is CCC(CC)(CO)CNc1ncc[nH]c1=O. The van der Waals surface area contributed by atoms with Crippen LogP contribution in [0.2, 0.25) is 0 Å². The van der Waals surface area contributed by atoms with Crippen molar-refractivity contribution in [2.24, 2.45) is 5.41 Å². The van der Waals surface area contributed by atoms with Crippen molar-refractivity contribution in [2.75, 3.05) is 18.5 Å². The van der Waals surface area contributed by atoms with Gasteiger partial charge in [-0.15, -0.1) is 0 Å². The lowest BCUT2D eigenvalue weighted by molar-refractivity contribution is 0.127. The third-order valence-electron chi connectivity index (χ3n) is 3.17. The summed E-state index contributed by atoms with van der Waals surface area (Å²) < 4.78 is 0. The van der Waals surface area contributed by atoms with Crippen molar-refractivity contribution in [1.29, 1.82) is 0 Å². The molecule has 5 nitrogen and oxygen atoms in total. The van der Waals surface area contributed by atoms with Gasteiger partial charge in [-0.25, -0.2) is 4.98 Å². The van der Waals surface area contributed by atoms with Crippen LogP contribution in [-0.4, -0.2) is 28.2 Å². The first kappa shape index (κ1) is 12.7. The fourth-order valence-electron chi connectivity index (χ4n) is 1.53. The summed E-state index contributed by atoms with van der Waals surface area (Å²) in [5.74, 6) is 0.308. The van der Waals surface area contributed by atoms with Crippen molar-refractivity contribution in [2.45, 2.75) is 26.7 Å². The van der Waals surface area contributed by atoms with Crippen LogP contribution in [0.5, 0.6) is 0 Å². The second-order valence-electron chi connectivity index (χ2n) is 3.99. The molecule has 0 aliphatic heterocycles. The van der Waals surface area contributed by atoms with E-state index in [0.29, 0.717) is 12.4 Å². The standard InChI is InChI=1S/C11H19N3O2/c1-3-11(4-2,8-15)7-14-9-10(16)13-6-5-12-9/h5-6,15H,3-4,7-8H2,1-2H3,(H,12,14)(H,13,16). The van der Waals surface area contributed by atoms with Crippen LogP contribution in [0.15, 0.2) is 17.2 Å². The van der Waals surface area contributed by atoms with Gasteiger partial charge in [-0.05, 0) is 12.8 Å². The Morgan fingerprint density at radius 2 is 2.19 bits per heavy atom. The van der Waals surface area contributed by atoms with Gasteiger partial charge in [0.25, 0.3) is 5.56 Å². The van der Waals surface area contributed by atoms with E-state index in [1.165, 1.54) is 12.4 Å². The summed E-state index contributed by atoms with van der Waals surface area (Å²) in [5, 5.41) is 12.4. The first-order valence-corrected chi connectivity index (χ1v) is 5.56. The molecule has 1 heterocycles. The number of hydrogen-bond acceptors (Lipinski definition) is 4. The highest BCUT2D eigenvalue weighted by atomic mass is 16.3. The highest BCUT2D eigenvalue weighted by Crippen LogP contribution is 2.25. The number of hydrogen-bond donors (Lipinski definition) is 3. The number of nitrogens with one attached hydrogen (secondary N) is 2. The summed E-state index contributed by atoms with van der Waals surface area (Å²) in [7, 11) is 0. The van der Waals surface area contributed by atoms with Gasteiger partial charge in [0.1, 0.15) is 0 Å². The molecule has 0 fully saturated rings. The summed E-state index contributed by atoms with van der Waals surface area (Å²) in [5.41, 5.74) is -0.411. The summed E-state index contributed by atoms with van der Waals surface area (Å²) in [4.78, 5) is 17.9. The second kappa shape index (κ2) is 5.65. The summed E-state index contributed by atoms with van der Waals surface area (Å²) in [6.45, 7) is 4.72. The van der Waals surface area contributed by atoms with Crippen molar-refractivity contribution in [3.63, 3.8) is 0 Å². The zero-order chi connectivity index (χ0) is 12.0. The maximum absolute atomic E-state index is 11.4. The molecule has 0 unspecified atom stereocenters. The third kappa shape index (κ3) is 2.82. The molecule has 0 saturated carbocycles. The molecule has 5 heteroatoms. The minimum atomic E-state index is -0.235. The van der Waals surface area contributed by atoms with Gasteiger partial charge in [-0.2, -0.15) is 0 Å². The van der Waals surface area contributed by atoms with Gasteiger partial charge in [-0.3, -0.25) is 4.79 Å². The number of aromatic amines is 1. The molecule has 0 aromatic carbocycles. The molecule has 0 aliphatic carbocycles. The molecule has 3 N–H and O–H groups in total. The average Bonchev–Trinajstić information content (AvgIpc) is 2.34. The highest BCUT2D eigenvalue weighted by Gasteiger charge is 2.25. The zero-order valence-corrected chi connectivity index (χ0v) is 9.79. The van der Waals surface area contributed by atoms with E-state index in [1.54, 1.807) is 0 Å². The van der Waals surface area contributed by atoms with Crippen LogP contribution in [-0.2, 0) is 0 Å². The lowest BCUT2D eigenvalue weighted by Crippen LogP contribution is -2.33. The van der Waals surface area contributed by atoms with E-state index in [0.717, 1.165) is 12.8 Å². The van der Waals surface area contributed by atoms with E-state index < -0.39 is 0 Å². The van der Waals surface area contributed by atoms with E-state index in [2.05, 4.69) is 15.3 Å². The summed E-state index contributed by atoms with van der Waals surface area (Å²) in [6.07, 6.45) is 4.74. The Morgan fingerprint density at radius 1 is 1.50 bits per heavy atom. The Hall–Kier alpha value is -1.36. The monoisotopic (exact) mass is 225 g/mol. The van der Waals surface area contributed by atoms with Crippen LogP contribution in [0.1, 0.15) is 26.7 Å². The molecule has 0 atom stereocenters. The first-order chi connectivity index (χ1) is 7.67. The van der Waals surface area contributed by atoms with Crippen molar-refractivity contribution in [3.05, 3.63) is 22.7 Å². The lowest BCUT2D eigenvalue weighted by atomic mass is 9.83. The molecule has 0 aliphatic rings. The molecule has 1 aromatic rings. The Balaban J connectivity index is 2.70. The lowest BCUT2D eigenvalue weighted by Gasteiger charge is -2.29. The van der Waals surface area contributed by atoms with E-state index >= 15 is 0 Å². The molecular weight excluding hydrogens is 206 g/mol. The number of nitrogens with zero attached hydrogens (tertiary/aromatic N) is 1. The molecule has 0 bridgehead atoms. The molecular formula is C11H19N3O2. The normalized spacial score (nSPS) is 11.4. The molecule has 1 rings (SSSR count). The molecule has 0 radical (unpaired) electrons. The van der Waals surface area contributed by atoms with Crippen LogP contribution in [0.4, 0.5) is 5.82 Å². The summed E-state index contributed by atoms with van der Waals surface area (Å²) in [6, 6.07) is 0. The topological polar surface area (TPSA) is 78.0 Å². The molecule has 0 saturated heterocycles. The fourth-order valence-corrected chi connectivity index (χ4v) is 1.53. The third-order valence-corrected chi connectivity index (χ3v) is 3.17. The van der Waals surface area contributed by atoms with E-state index in [4.69, 9.17) is 0 Å². The van der Waals surface area contributed by atoms with Crippen LogP contribution in [0.3, 0.4) is 0 Å². The minimum absolute atomic E-state index is 0.109. The van der Waals surface area contributed by atoms with Crippen molar-refractivity contribution in [1.82, 2.24) is 9.97 Å². The fraction of sp³-hybridized carbons (Fsp3) is 0.636. The number of aliphatic hydroxyl groups is 1. The quantitative estimate of drug-likeness (QED) is 0.674. The smallest absolute Gasteiger partial charge is 0.290 e. The van der Waals surface area contributed by atoms with Crippen molar-refractivity contribution in [3.8, 4) is 0 Å². The average molecular weight is 225 g/mol. The Morgan fingerprint density at radius 3 is 2.69 bits per heavy atom. The summed E-state index contributed by atoms with van der Waals surface area (Å²) >= 11 is 0. The first-order valence-electron chi connectivity index (χ1n) is 5.56. The van der Waals surface area contributed by atoms with Crippen LogP contribution in [0, 0.1) is 5.41 Å². The number of anilines is 1. The molecule has 0 amide bonds. The zero-order valence-electron chi connectivity index (χ0n) is 9.79. The van der Waals surface area contributed by atoms with E-state index in [1.807, 2.05) is 13.8 Å². The predicted octanol–water partition coefficient (Wildman–Crippen LogP) is 0.980. The van der Waals surface area contributed by atoms with Crippen LogP contribution < -0.4 is 10.9 Å². The number of H-pyrrole nitrogens is 1. The Labute approximate surface area is 94.9 Å². The van der Waals surface area contributed by atoms with Gasteiger partial charge < -0.3 is 15.4 Å². The van der Waals surface area contributed by atoms with Gasteiger partial charge in [0.2, 0.25) is 0 Å². The van der Waals surface area contributed by atoms with Crippen molar-refractivity contribution < 1.29 is 5.11 Å². The van der Waals surface area contributed by atoms with E-state index in [-0.39, 0.29) is 17.6 Å². The Bertz CT molecular complexity index is 363. The highest BCUT2D eigenvalue weighted by molar-refractivity contribution is 5.30. The number of aliphatic hydroxyl groups excluding tert-OH is 1. The Kier molecular flexibility index (Phi) is 4.49. The van der Waals surface area contributed by atoms with E-state index in [9.17, 15) is 9.90 Å². The molecule has 90 valence electrons. The van der Waals surface area contributed by atoms with Gasteiger partial charge in [-0.1, -0.05) is 13.8 Å². The van der Waals surface area contributed by atoms with Crippen LogP contribution in [0.25, 0.3) is 0 Å². The predicted molar refractivity (Wildman–Crippen MR) is 63.4 cm³/mol. The van der Waals surface area contributed by atoms with Crippen LogP contribution >= 0.6 is 0 Å². The number of rotatable bonds is 6. The van der Waals surface area contributed by atoms with Gasteiger partial charge in [0.15, 0.2) is 5.82 Å².